The molecule has 0 aliphatic carbocycles. The number of rotatable bonds is 3. The van der Waals surface area contributed by atoms with Crippen molar-refractivity contribution in [3.05, 3.63) is 33.1 Å². The van der Waals surface area contributed by atoms with Gasteiger partial charge >= 0.3 is 11.7 Å². The standard InChI is InChI=1S/C8H10N2O4/c1-9-4-2-6(11)10(8(9)14)5-3-7(12)13/h2,4H,3,5H2,1H3,(H,12,13). The lowest BCUT2D eigenvalue weighted by molar-refractivity contribution is -0.137. The first kappa shape index (κ1) is 10.2. The van der Waals surface area contributed by atoms with E-state index in [-0.39, 0.29) is 13.0 Å². The summed E-state index contributed by atoms with van der Waals surface area (Å²) in [5, 5.41) is 8.40. The molecule has 0 saturated carbocycles. The zero-order chi connectivity index (χ0) is 10.7. The van der Waals surface area contributed by atoms with E-state index in [4.69, 9.17) is 5.11 Å². The molecule has 0 spiro atoms. The molecule has 0 atom stereocenters. The molecule has 1 N–H and O–H groups in total. The van der Waals surface area contributed by atoms with Crippen LogP contribution in [0, 0.1) is 0 Å². The first-order valence-electron chi connectivity index (χ1n) is 4.00. The average Bonchev–Trinajstić information content (AvgIpc) is 2.11. The molecule has 0 bridgehead atoms. The number of carboxylic acid groups (broad SMARTS) is 1. The van der Waals surface area contributed by atoms with Crippen LogP contribution in [0.5, 0.6) is 0 Å². The van der Waals surface area contributed by atoms with E-state index in [0.29, 0.717) is 0 Å². The molecule has 0 aromatic carbocycles. The molecule has 14 heavy (non-hydrogen) atoms. The van der Waals surface area contributed by atoms with E-state index < -0.39 is 17.2 Å². The molecule has 0 saturated heterocycles. The van der Waals surface area contributed by atoms with E-state index in [9.17, 15) is 14.4 Å². The van der Waals surface area contributed by atoms with Crippen LogP contribution in [-0.2, 0) is 18.4 Å². The number of hydrogen-bond donors (Lipinski definition) is 1. The smallest absolute Gasteiger partial charge is 0.330 e. The van der Waals surface area contributed by atoms with Gasteiger partial charge in [-0.2, -0.15) is 0 Å². The maximum atomic E-state index is 11.3. The van der Waals surface area contributed by atoms with Crippen molar-refractivity contribution >= 4 is 5.97 Å². The van der Waals surface area contributed by atoms with Crippen molar-refractivity contribution in [2.45, 2.75) is 13.0 Å². The minimum Gasteiger partial charge on any atom is -0.481 e. The van der Waals surface area contributed by atoms with Gasteiger partial charge in [0, 0.05) is 25.9 Å². The summed E-state index contributed by atoms with van der Waals surface area (Å²) in [6.07, 6.45) is 1.11. The number of nitrogens with zero attached hydrogens (tertiary/aromatic N) is 2. The average molecular weight is 198 g/mol. The molecule has 1 heterocycles. The lowest BCUT2D eigenvalue weighted by Crippen LogP contribution is -2.38. The Balaban J connectivity index is 3.08. The fraction of sp³-hybridized carbons (Fsp3) is 0.375. The molecular formula is C8H10N2O4. The van der Waals surface area contributed by atoms with Crippen molar-refractivity contribution in [2.75, 3.05) is 0 Å². The maximum Gasteiger partial charge on any atom is 0.330 e. The summed E-state index contributed by atoms with van der Waals surface area (Å²) in [7, 11) is 1.50. The molecule has 0 fully saturated rings. The van der Waals surface area contributed by atoms with E-state index in [2.05, 4.69) is 0 Å². The van der Waals surface area contributed by atoms with Gasteiger partial charge in [-0.3, -0.25) is 14.2 Å². The number of aliphatic carboxylic acids is 1. The number of aromatic nitrogens is 2. The van der Waals surface area contributed by atoms with Crippen molar-refractivity contribution in [1.29, 1.82) is 0 Å². The van der Waals surface area contributed by atoms with Crippen molar-refractivity contribution in [3.63, 3.8) is 0 Å². The molecule has 1 rings (SSSR count). The predicted molar refractivity (Wildman–Crippen MR) is 48.2 cm³/mol. The second kappa shape index (κ2) is 3.91. The Morgan fingerprint density at radius 3 is 2.71 bits per heavy atom. The monoisotopic (exact) mass is 198 g/mol. The van der Waals surface area contributed by atoms with Crippen molar-refractivity contribution in [1.82, 2.24) is 9.13 Å². The Morgan fingerprint density at radius 2 is 2.14 bits per heavy atom. The molecule has 6 nitrogen and oxygen atoms in total. The number of aryl methyl sites for hydroxylation is 1. The summed E-state index contributed by atoms with van der Waals surface area (Å²) in [6.45, 7) is -0.0956. The van der Waals surface area contributed by atoms with Gasteiger partial charge in [-0.15, -0.1) is 0 Å². The lowest BCUT2D eigenvalue weighted by atomic mass is 10.4. The summed E-state index contributed by atoms with van der Waals surface area (Å²) in [4.78, 5) is 32.8. The molecule has 0 unspecified atom stereocenters. The fourth-order valence-electron chi connectivity index (χ4n) is 1.03. The van der Waals surface area contributed by atoms with E-state index in [1.807, 2.05) is 0 Å². The van der Waals surface area contributed by atoms with Gasteiger partial charge in [0.1, 0.15) is 0 Å². The second-order valence-corrected chi connectivity index (χ2v) is 2.84. The first-order valence-corrected chi connectivity index (χ1v) is 4.00. The molecule has 1 aromatic rings. The van der Waals surface area contributed by atoms with E-state index >= 15 is 0 Å². The summed E-state index contributed by atoms with van der Waals surface area (Å²) < 4.78 is 2.12. The van der Waals surface area contributed by atoms with Crippen LogP contribution in [0.1, 0.15) is 6.42 Å². The Kier molecular flexibility index (Phi) is 2.85. The Morgan fingerprint density at radius 1 is 1.50 bits per heavy atom. The quantitative estimate of drug-likeness (QED) is 0.677. The van der Waals surface area contributed by atoms with Crippen LogP contribution < -0.4 is 11.2 Å². The minimum absolute atomic E-state index is 0.0956. The highest BCUT2D eigenvalue weighted by atomic mass is 16.4. The first-order chi connectivity index (χ1) is 6.52. The van der Waals surface area contributed by atoms with Crippen LogP contribution >= 0.6 is 0 Å². The second-order valence-electron chi connectivity index (χ2n) is 2.84. The summed E-state index contributed by atoms with van der Waals surface area (Å²) >= 11 is 0. The van der Waals surface area contributed by atoms with Gasteiger partial charge < -0.3 is 9.67 Å². The van der Waals surface area contributed by atoms with Crippen LogP contribution in [0.15, 0.2) is 21.9 Å². The largest absolute Gasteiger partial charge is 0.481 e. The summed E-state index contributed by atoms with van der Waals surface area (Å²) in [5.41, 5.74) is -0.979. The van der Waals surface area contributed by atoms with Crippen LogP contribution in [0.2, 0.25) is 0 Å². The van der Waals surface area contributed by atoms with E-state index in [1.165, 1.54) is 23.9 Å². The molecule has 0 radical (unpaired) electrons. The molecule has 0 amide bonds. The van der Waals surface area contributed by atoms with Crippen LogP contribution in [0.4, 0.5) is 0 Å². The fourth-order valence-corrected chi connectivity index (χ4v) is 1.03. The highest BCUT2D eigenvalue weighted by Gasteiger charge is 2.04. The Labute approximate surface area is 79.0 Å². The molecule has 6 heteroatoms. The van der Waals surface area contributed by atoms with Gasteiger partial charge in [0.15, 0.2) is 0 Å². The molecule has 0 aliphatic rings. The lowest BCUT2D eigenvalue weighted by Gasteiger charge is -2.03. The van der Waals surface area contributed by atoms with Gasteiger partial charge in [0.05, 0.1) is 6.42 Å². The number of carbonyl (C=O) groups is 1. The van der Waals surface area contributed by atoms with Crippen LogP contribution in [0.3, 0.4) is 0 Å². The molecule has 76 valence electrons. The normalized spacial score (nSPS) is 10.1. The van der Waals surface area contributed by atoms with Gasteiger partial charge in [0.2, 0.25) is 0 Å². The zero-order valence-corrected chi connectivity index (χ0v) is 7.64. The number of hydrogen-bond acceptors (Lipinski definition) is 3. The SMILES string of the molecule is Cn1ccc(=O)n(CCC(=O)O)c1=O. The molecule has 1 aromatic heterocycles. The Hall–Kier alpha value is -1.85. The zero-order valence-electron chi connectivity index (χ0n) is 7.64. The molecular weight excluding hydrogens is 188 g/mol. The highest BCUT2D eigenvalue weighted by molar-refractivity contribution is 5.66. The topological polar surface area (TPSA) is 81.3 Å². The maximum absolute atomic E-state index is 11.3. The molecule has 0 aliphatic heterocycles. The van der Waals surface area contributed by atoms with Gasteiger partial charge in [-0.05, 0) is 0 Å². The third-order valence-corrected chi connectivity index (χ3v) is 1.79. The van der Waals surface area contributed by atoms with Crippen LogP contribution in [0.25, 0.3) is 0 Å². The van der Waals surface area contributed by atoms with Gasteiger partial charge in [-0.25, -0.2) is 4.79 Å². The van der Waals surface area contributed by atoms with Gasteiger partial charge in [0.25, 0.3) is 5.56 Å². The predicted octanol–water partition coefficient (Wildman–Crippen LogP) is -0.978. The third-order valence-electron chi connectivity index (χ3n) is 1.79. The minimum atomic E-state index is -1.04. The highest BCUT2D eigenvalue weighted by Crippen LogP contribution is 1.82. The van der Waals surface area contributed by atoms with Crippen LogP contribution in [-0.4, -0.2) is 20.2 Å². The third kappa shape index (κ3) is 2.09. The number of carboxylic acids is 1. The van der Waals surface area contributed by atoms with Crippen molar-refractivity contribution < 1.29 is 9.90 Å². The van der Waals surface area contributed by atoms with Crippen molar-refractivity contribution in [3.8, 4) is 0 Å². The van der Waals surface area contributed by atoms with E-state index in [0.717, 1.165) is 4.57 Å². The summed E-state index contributed by atoms with van der Waals surface area (Å²) in [5.74, 6) is -1.04. The Bertz CT molecular complexity index is 457. The summed E-state index contributed by atoms with van der Waals surface area (Å²) in [6, 6.07) is 1.23. The van der Waals surface area contributed by atoms with Gasteiger partial charge in [-0.1, -0.05) is 0 Å². The van der Waals surface area contributed by atoms with Crippen molar-refractivity contribution in [2.24, 2.45) is 7.05 Å². The van der Waals surface area contributed by atoms with E-state index in [1.54, 1.807) is 0 Å².